The van der Waals surface area contributed by atoms with Gasteiger partial charge in [-0.25, -0.2) is 0 Å². The molecule has 0 aliphatic heterocycles. The van der Waals surface area contributed by atoms with E-state index >= 15 is 0 Å². The smallest absolute Gasteiger partial charge is 0.220 e. The SMILES string of the molecule is CCCCCCCCCCCCCCCCCCCCCCCCCCCCCC(=O)NC(CO)C(O)CCCCCCCCCCCCCCCCCCCCCCCC. The Morgan fingerprint density at radius 3 is 0.738 bits per heavy atom. The fourth-order valence-corrected chi connectivity index (χ4v) is 9.48. The van der Waals surface area contributed by atoms with Gasteiger partial charge in [0.25, 0.3) is 0 Å². The van der Waals surface area contributed by atoms with Crippen LogP contribution < -0.4 is 5.32 Å². The summed E-state index contributed by atoms with van der Waals surface area (Å²) in [5, 5.41) is 23.4. The van der Waals surface area contributed by atoms with Crippen LogP contribution in [0, 0.1) is 0 Å². The quantitative estimate of drug-likeness (QED) is 0.0534. The Morgan fingerprint density at radius 2 is 0.525 bits per heavy atom. The Bertz CT molecular complexity index is 803. The minimum Gasteiger partial charge on any atom is -0.394 e. The van der Waals surface area contributed by atoms with Gasteiger partial charge in [0.05, 0.1) is 18.8 Å². The summed E-state index contributed by atoms with van der Waals surface area (Å²) >= 11 is 0. The van der Waals surface area contributed by atoms with Gasteiger partial charge in [0, 0.05) is 6.42 Å². The first kappa shape index (κ1) is 60.4. The minimum atomic E-state index is -0.655. The van der Waals surface area contributed by atoms with Gasteiger partial charge in [0.2, 0.25) is 5.91 Å². The number of hydrogen-bond acceptors (Lipinski definition) is 3. The number of rotatable bonds is 54. The van der Waals surface area contributed by atoms with Crippen molar-refractivity contribution in [2.24, 2.45) is 0 Å². The highest BCUT2D eigenvalue weighted by Crippen LogP contribution is 2.19. The molecule has 0 spiro atoms. The summed E-state index contributed by atoms with van der Waals surface area (Å²) in [6, 6.07) is -0.531. The van der Waals surface area contributed by atoms with Crippen LogP contribution in [-0.4, -0.2) is 34.9 Å². The number of nitrogens with one attached hydrogen (secondary N) is 1. The molecule has 0 heterocycles. The van der Waals surface area contributed by atoms with Gasteiger partial charge < -0.3 is 15.5 Å². The molecule has 0 radical (unpaired) electrons. The Kier molecular flexibility index (Phi) is 53.2. The molecule has 0 aromatic rings. The van der Waals surface area contributed by atoms with E-state index in [9.17, 15) is 15.0 Å². The summed E-state index contributed by atoms with van der Waals surface area (Å²) in [6.07, 6.45) is 68.1. The predicted molar refractivity (Wildman–Crippen MR) is 272 cm³/mol. The third kappa shape index (κ3) is 50.3. The maximum Gasteiger partial charge on any atom is 0.220 e. The van der Waals surface area contributed by atoms with Gasteiger partial charge in [-0.05, 0) is 12.8 Å². The third-order valence-electron chi connectivity index (χ3n) is 13.9. The lowest BCUT2D eigenvalue weighted by Crippen LogP contribution is -2.45. The maximum atomic E-state index is 12.5. The van der Waals surface area contributed by atoms with E-state index in [1.165, 1.54) is 289 Å². The lowest BCUT2D eigenvalue weighted by Gasteiger charge is -2.22. The molecule has 1 amide bonds. The van der Waals surface area contributed by atoms with Gasteiger partial charge in [-0.3, -0.25) is 4.79 Å². The largest absolute Gasteiger partial charge is 0.394 e. The number of carbonyl (C=O) groups excluding carboxylic acids is 1. The second-order valence-corrected chi connectivity index (χ2v) is 20.1. The molecular weight excluding hydrogens is 747 g/mol. The molecule has 4 heteroatoms. The lowest BCUT2D eigenvalue weighted by molar-refractivity contribution is -0.123. The molecule has 3 N–H and O–H groups in total. The molecule has 61 heavy (non-hydrogen) atoms. The van der Waals surface area contributed by atoms with E-state index in [-0.39, 0.29) is 12.5 Å². The van der Waals surface area contributed by atoms with Gasteiger partial charge >= 0.3 is 0 Å². The standard InChI is InChI=1S/C57H115NO3/c1-3-5-7-9-11-13-15-17-19-21-23-25-27-28-29-30-31-33-35-37-39-41-43-45-47-49-51-53-57(61)58-55(54-59)56(60)52-50-48-46-44-42-40-38-36-34-32-26-24-22-20-18-16-14-12-10-8-6-4-2/h55-56,59-60H,3-54H2,1-2H3,(H,58,61). The highest BCUT2D eigenvalue weighted by atomic mass is 16.3. The molecule has 0 aliphatic rings. The van der Waals surface area contributed by atoms with Crippen LogP contribution in [0.5, 0.6) is 0 Å². The Balaban J connectivity index is 3.39. The topological polar surface area (TPSA) is 69.6 Å². The number of hydrogen-bond donors (Lipinski definition) is 3. The van der Waals surface area contributed by atoms with Crippen LogP contribution in [0.15, 0.2) is 0 Å². The zero-order valence-corrected chi connectivity index (χ0v) is 42.2. The zero-order valence-electron chi connectivity index (χ0n) is 42.2. The van der Waals surface area contributed by atoms with Crippen molar-refractivity contribution in [2.45, 2.75) is 353 Å². The normalized spacial score (nSPS) is 12.7. The lowest BCUT2D eigenvalue weighted by atomic mass is 10.0. The summed E-state index contributed by atoms with van der Waals surface area (Å²) in [4.78, 5) is 12.5. The molecule has 0 saturated heterocycles. The van der Waals surface area contributed by atoms with Crippen molar-refractivity contribution in [1.29, 1.82) is 0 Å². The van der Waals surface area contributed by atoms with Gasteiger partial charge in [0.15, 0.2) is 0 Å². The number of aliphatic hydroxyl groups excluding tert-OH is 2. The first-order valence-corrected chi connectivity index (χ1v) is 28.7. The summed E-state index contributed by atoms with van der Waals surface area (Å²) in [6.45, 7) is 4.41. The van der Waals surface area contributed by atoms with Crippen molar-refractivity contribution in [3.63, 3.8) is 0 Å². The first-order valence-electron chi connectivity index (χ1n) is 28.7. The van der Waals surface area contributed by atoms with Crippen molar-refractivity contribution in [1.82, 2.24) is 5.32 Å². The highest BCUT2D eigenvalue weighted by molar-refractivity contribution is 5.76. The second kappa shape index (κ2) is 53.7. The Hall–Kier alpha value is -0.610. The number of aliphatic hydroxyl groups is 2. The average Bonchev–Trinajstić information content (AvgIpc) is 3.26. The van der Waals surface area contributed by atoms with Crippen molar-refractivity contribution in [2.75, 3.05) is 6.61 Å². The number of amides is 1. The van der Waals surface area contributed by atoms with Gasteiger partial charge in [-0.1, -0.05) is 322 Å². The molecule has 0 rings (SSSR count). The first-order chi connectivity index (χ1) is 30.2. The molecule has 0 fully saturated rings. The van der Waals surface area contributed by atoms with Gasteiger partial charge in [-0.15, -0.1) is 0 Å². The number of unbranched alkanes of at least 4 members (excludes halogenated alkanes) is 47. The van der Waals surface area contributed by atoms with E-state index in [1.54, 1.807) is 0 Å². The summed E-state index contributed by atoms with van der Waals surface area (Å²) in [5.41, 5.74) is 0. The van der Waals surface area contributed by atoms with E-state index in [1.807, 2.05) is 0 Å². The minimum absolute atomic E-state index is 0.0215. The van der Waals surface area contributed by atoms with Crippen LogP contribution in [-0.2, 0) is 4.79 Å². The fourth-order valence-electron chi connectivity index (χ4n) is 9.48. The van der Waals surface area contributed by atoms with Crippen LogP contribution in [0.4, 0.5) is 0 Å². The van der Waals surface area contributed by atoms with Crippen molar-refractivity contribution in [3.05, 3.63) is 0 Å². The van der Waals surface area contributed by atoms with Crippen LogP contribution in [0.3, 0.4) is 0 Å². The molecule has 366 valence electrons. The Morgan fingerprint density at radius 1 is 0.328 bits per heavy atom. The highest BCUT2D eigenvalue weighted by Gasteiger charge is 2.20. The molecular formula is C57H115NO3. The molecule has 4 nitrogen and oxygen atoms in total. The monoisotopic (exact) mass is 862 g/mol. The fraction of sp³-hybridized carbons (Fsp3) is 0.982. The van der Waals surface area contributed by atoms with Crippen molar-refractivity contribution < 1.29 is 15.0 Å². The van der Waals surface area contributed by atoms with E-state index in [4.69, 9.17) is 0 Å². The molecule has 0 aromatic carbocycles. The molecule has 0 bridgehead atoms. The van der Waals surface area contributed by atoms with E-state index in [2.05, 4.69) is 19.2 Å². The molecule has 0 saturated carbocycles. The maximum absolute atomic E-state index is 12.5. The third-order valence-corrected chi connectivity index (χ3v) is 13.9. The molecule has 2 atom stereocenters. The van der Waals surface area contributed by atoms with Crippen LogP contribution in [0.1, 0.15) is 341 Å². The Labute approximate surface area is 384 Å². The van der Waals surface area contributed by atoms with Crippen LogP contribution >= 0.6 is 0 Å². The van der Waals surface area contributed by atoms with E-state index < -0.39 is 12.1 Å². The van der Waals surface area contributed by atoms with Gasteiger partial charge in [0.1, 0.15) is 0 Å². The van der Waals surface area contributed by atoms with Crippen LogP contribution in [0.25, 0.3) is 0 Å². The van der Waals surface area contributed by atoms with Crippen molar-refractivity contribution >= 4 is 5.91 Å². The second-order valence-electron chi connectivity index (χ2n) is 20.1. The van der Waals surface area contributed by atoms with E-state index in [0.29, 0.717) is 12.8 Å². The summed E-state index contributed by atoms with van der Waals surface area (Å²) in [7, 11) is 0. The zero-order chi connectivity index (χ0) is 44.2. The van der Waals surface area contributed by atoms with E-state index in [0.717, 1.165) is 25.7 Å². The predicted octanol–water partition coefficient (Wildman–Crippen LogP) is 18.8. The molecule has 0 aliphatic carbocycles. The summed E-state index contributed by atoms with van der Waals surface area (Å²) < 4.78 is 0. The average molecular weight is 863 g/mol. The molecule has 0 aromatic heterocycles. The number of carbonyl (C=O) groups is 1. The van der Waals surface area contributed by atoms with Crippen LogP contribution in [0.2, 0.25) is 0 Å². The molecule has 2 unspecified atom stereocenters. The van der Waals surface area contributed by atoms with Gasteiger partial charge in [-0.2, -0.15) is 0 Å². The van der Waals surface area contributed by atoms with Crippen molar-refractivity contribution in [3.8, 4) is 0 Å². The summed E-state index contributed by atoms with van der Waals surface area (Å²) in [5.74, 6) is -0.0215.